The van der Waals surface area contributed by atoms with Gasteiger partial charge in [-0.25, -0.2) is 8.42 Å². The summed E-state index contributed by atoms with van der Waals surface area (Å²) in [6.07, 6.45) is 3.23. The maximum absolute atomic E-state index is 13.4. The first-order valence-electron chi connectivity index (χ1n) is 10.9. The van der Waals surface area contributed by atoms with E-state index in [4.69, 9.17) is 19.0 Å². The van der Waals surface area contributed by atoms with Crippen molar-refractivity contribution >= 4 is 10.0 Å². The Morgan fingerprint density at radius 2 is 1.94 bits per heavy atom. The van der Waals surface area contributed by atoms with Crippen molar-refractivity contribution < 1.29 is 27.5 Å². The molecular formula is C24H25N3O6S. The maximum atomic E-state index is 13.4. The lowest BCUT2D eigenvalue weighted by atomic mass is 9.92. The van der Waals surface area contributed by atoms with E-state index in [0.29, 0.717) is 30.1 Å². The van der Waals surface area contributed by atoms with Crippen molar-refractivity contribution in [2.75, 3.05) is 20.8 Å². The van der Waals surface area contributed by atoms with E-state index >= 15 is 0 Å². The van der Waals surface area contributed by atoms with E-state index in [2.05, 4.69) is 15.2 Å². The number of hydrogen-bond acceptors (Lipinski definition) is 8. The van der Waals surface area contributed by atoms with Gasteiger partial charge in [0.2, 0.25) is 10.0 Å². The molecule has 2 N–H and O–H groups in total. The predicted molar refractivity (Wildman–Crippen MR) is 124 cm³/mol. The monoisotopic (exact) mass is 483 g/mol. The molecule has 2 aromatic carbocycles. The third-order valence-electron chi connectivity index (χ3n) is 5.89. The molecule has 178 valence electrons. The molecule has 34 heavy (non-hydrogen) atoms. The second-order valence-corrected chi connectivity index (χ2v) is 9.62. The van der Waals surface area contributed by atoms with Gasteiger partial charge in [0.15, 0.2) is 10.6 Å². The molecule has 3 heterocycles. The molecule has 0 saturated heterocycles. The minimum absolute atomic E-state index is 0.0863. The van der Waals surface area contributed by atoms with Gasteiger partial charge < -0.3 is 19.0 Å². The Hall–Kier alpha value is -3.34. The first kappa shape index (κ1) is 22.5. The number of nitrogens with one attached hydrogen (secondary N) is 2. The van der Waals surface area contributed by atoms with Crippen LogP contribution in [0.1, 0.15) is 35.0 Å². The topological polar surface area (TPSA) is 108 Å². The minimum Gasteiger partial charge on any atom is -0.495 e. The highest BCUT2D eigenvalue weighted by Gasteiger charge is 2.37. The van der Waals surface area contributed by atoms with E-state index in [1.54, 1.807) is 24.4 Å². The lowest BCUT2D eigenvalue weighted by Gasteiger charge is -2.24. The quantitative estimate of drug-likeness (QED) is 0.528. The number of methoxy groups -OCH3 is 2. The Labute approximate surface area is 198 Å². The molecule has 0 amide bonds. The van der Waals surface area contributed by atoms with Crippen LogP contribution in [0.2, 0.25) is 0 Å². The summed E-state index contributed by atoms with van der Waals surface area (Å²) in [4.78, 5) is 10.1. The second-order valence-electron chi connectivity index (χ2n) is 7.97. The first-order chi connectivity index (χ1) is 16.5. The van der Waals surface area contributed by atoms with Crippen molar-refractivity contribution in [3.8, 4) is 23.0 Å². The molecule has 1 atom stereocenters. The molecule has 0 aliphatic carbocycles. The molecule has 2 aliphatic heterocycles. The summed E-state index contributed by atoms with van der Waals surface area (Å²) in [5, 5.41) is 0. The van der Waals surface area contributed by atoms with Crippen LogP contribution in [0, 0.1) is 0 Å². The summed E-state index contributed by atoms with van der Waals surface area (Å²) in [5.74, 6) is 1.52. The van der Waals surface area contributed by atoms with Gasteiger partial charge in [0.1, 0.15) is 23.4 Å². The number of rotatable bonds is 7. The molecule has 1 aromatic heterocycles. The Morgan fingerprint density at radius 3 is 2.65 bits per heavy atom. The zero-order valence-electron chi connectivity index (χ0n) is 18.8. The number of sulfonamides is 1. The molecule has 0 saturated carbocycles. The Balaban J connectivity index is 1.53. The second kappa shape index (κ2) is 9.13. The van der Waals surface area contributed by atoms with Crippen molar-refractivity contribution in [1.29, 1.82) is 0 Å². The van der Waals surface area contributed by atoms with Crippen LogP contribution in [-0.2, 0) is 22.9 Å². The fourth-order valence-corrected chi connectivity index (χ4v) is 5.81. The lowest BCUT2D eigenvalue weighted by Crippen LogP contribution is -2.36. The third-order valence-corrected chi connectivity index (χ3v) is 7.38. The van der Waals surface area contributed by atoms with Gasteiger partial charge in [-0.1, -0.05) is 12.1 Å². The molecule has 2 aliphatic rings. The van der Waals surface area contributed by atoms with Crippen molar-refractivity contribution in [2.24, 2.45) is 0 Å². The molecule has 1 unspecified atom stereocenters. The van der Waals surface area contributed by atoms with E-state index < -0.39 is 16.2 Å². The van der Waals surface area contributed by atoms with Crippen LogP contribution < -0.4 is 29.3 Å². The number of nitrogens with zero attached hydrogens (tertiary/aromatic N) is 1. The molecule has 3 aromatic rings. The SMILES string of the molecule is COc1cccc(OC)c1S(=O)(=O)NC1NOc2cc(Cc3ccccn3)c3c(c21)OCCC3. The van der Waals surface area contributed by atoms with E-state index in [1.165, 1.54) is 14.2 Å². The molecule has 0 radical (unpaired) electrons. The summed E-state index contributed by atoms with van der Waals surface area (Å²) in [6.45, 7) is 0.548. The van der Waals surface area contributed by atoms with Crippen LogP contribution in [0.5, 0.6) is 23.0 Å². The molecular weight excluding hydrogens is 458 g/mol. The Kier molecular flexibility index (Phi) is 6.03. The highest BCUT2D eigenvalue weighted by atomic mass is 32.2. The van der Waals surface area contributed by atoms with Crippen LogP contribution in [0.4, 0.5) is 0 Å². The van der Waals surface area contributed by atoms with Gasteiger partial charge in [0, 0.05) is 18.3 Å². The summed E-state index contributed by atoms with van der Waals surface area (Å²) in [5.41, 5.74) is 6.44. The molecule has 0 fully saturated rings. The highest BCUT2D eigenvalue weighted by Crippen LogP contribution is 2.45. The van der Waals surface area contributed by atoms with E-state index in [9.17, 15) is 8.42 Å². The van der Waals surface area contributed by atoms with Crippen LogP contribution in [0.3, 0.4) is 0 Å². The summed E-state index contributed by atoms with van der Waals surface area (Å²) in [6, 6.07) is 12.5. The van der Waals surface area contributed by atoms with Gasteiger partial charge in [-0.3, -0.25) is 4.98 Å². The summed E-state index contributed by atoms with van der Waals surface area (Å²) < 4.78 is 46.2. The zero-order chi connectivity index (χ0) is 23.7. The largest absolute Gasteiger partial charge is 0.495 e. The highest BCUT2D eigenvalue weighted by molar-refractivity contribution is 7.89. The Bertz CT molecular complexity index is 1290. The third kappa shape index (κ3) is 4.04. The molecule has 0 bridgehead atoms. The molecule has 0 spiro atoms. The maximum Gasteiger partial charge on any atom is 0.249 e. The summed E-state index contributed by atoms with van der Waals surface area (Å²) in [7, 11) is -1.25. The zero-order valence-corrected chi connectivity index (χ0v) is 19.6. The molecule has 9 nitrogen and oxygen atoms in total. The number of pyridine rings is 1. The lowest BCUT2D eigenvalue weighted by molar-refractivity contribution is 0.187. The predicted octanol–water partition coefficient (Wildman–Crippen LogP) is 2.89. The number of ether oxygens (including phenoxy) is 3. The fourth-order valence-electron chi connectivity index (χ4n) is 4.38. The van der Waals surface area contributed by atoms with Crippen LogP contribution >= 0.6 is 0 Å². The average Bonchev–Trinajstić information content (AvgIpc) is 3.26. The van der Waals surface area contributed by atoms with Gasteiger partial charge in [-0.2, -0.15) is 4.72 Å². The van der Waals surface area contributed by atoms with Crippen LogP contribution in [0.15, 0.2) is 53.6 Å². The van der Waals surface area contributed by atoms with Gasteiger partial charge in [0.05, 0.1) is 26.4 Å². The first-order valence-corrected chi connectivity index (χ1v) is 12.4. The normalized spacial score (nSPS) is 16.7. The standard InChI is InChI=1S/C24H25N3O6S/c1-30-18-9-5-10-19(31-2)23(18)34(28,29)27-24-21-20(33-26-24)14-15(13-16-7-3-4-11-25-16)17-8-6-12-32-22(17)21/h3-5,7,9-11,14,24,26-27H,6,8,12-13H2,1-2H3. The van der Waals surface area contributed by atoms with Gasteiger partial charge >= 0.3 is 0 Å². The van der Waals surface area contributed by atoms with Gasteiger partial charge in [-0.05, 0) is 54.3 Å². The number of hydroxylamine groups is 1. The summed E-state index contributed by atoms with van der Waals surface area (Å²) >= 11 is 0. The average molecular weight is 484 g/mol. The van der Waals surface area contributed by atoms with Gasteiger partial charge in [0.25, 0.3) is 0 Å². The van der Waals surface area contributed by atoms with E-state index in [-0.39, 0.29) is 16.4 Å². The van der Waals surface area contributed by atoms with Crippen molar-refractivity contribution in [3.63, 3.8) is 0 Å². The van der Waals surface area contributed by atoms with Crippen molar-refractivity contribution in [3.05, 3.63) is 71.0 Å². The molecule has 10 heteroatoms. The van der Waals surface area contributed by atoms with Gasteiger partial charge in [-0.15, -0.1) is 5.48 Å². The smallest absolute Gasteiger partial charge is 0.249 e. The van der Waals surface area contributed by atoms with E-state index in [1.807, 2.05) is 24.3 Å². The van der Waals surface area contributed by atoms with Crippen molar-refractivity contribution in [1.82, 2.24) is 15.2 Å². The Morgan fingerprint density at radius 1 is 1.15 bits per heavy atom. The van der Waals surface area contributed by atoms with E-state index in [0.717, 1.165) is 29.7 Å². The van der Waals surface area contributed by atoms with Crippen molar-refractivity contribution in [2.45, 2.75) is 30.3 Å². The number of benzene rings is 2. The minimum atomic E-state index is -4.07. The van der Waals surface area contributed by atoms with Crippen LogP contribution in [0.25, 0.3) is 0 Å². The number of hydrogen-bond donors (Lipinski definition) is 2. The number of aromatic nitrogens is 1. The fraction of sp³-hybridized carbons (Fsp3) is 0.292. The van der Waals surface area contributed by atoms with Crippen LogP contribution in [-0.4, -0.2) is 34.2 Å². The molecule has 5 rings (SSSR count). The number of fused-ring (bicyclic) bond motifs is 3.